The van der Waals surface area contributed by atoms with Gasteiger partial charge in [0.25, 0.3) is 5.78 Å². The number of piperazine rings is 1. The van der Waals surface area contributed by atoms with Gasteiger partial charge in [0.1, 0.15) is 23.8 Å². The Morgan fingerprint density at radius 3 is 2.61 bits per heavy atom. The molecule has 7 nitrogen and oxygen atoms in total. The van der Waals surface area contributed by atoms with E-state index in [0.717, 1.165) is 48.9 Å². The van der Waals surface area contributed by atoms with Gasteiger partial charge in [0.05, 0.1) is 9.99 Å². The summed E-state index contributed by atoms with van der Waals surface area (Å²) in [5, 5.41) is 5.21. The van der Waals surface area contributed by atoms with Crippen molar-refractivity contribution >= 4 is 44.2 Å². The second-order valence-electron chi connectivity index (χ2n) is 6.83. The van der Waals surface area contributed by atoms with Gasteiger partial charge >= 0.3 is 0 Å². The first-order valence-corrected chi connectivity index (χ1v) is 9.81. The number of aromatic nitrogens is 5. The number of hydrogen-bond acceptors (Lipinski definition) is 6. The largest absolute Gasteiger partial charge is 0.353 e. The fourth-order valence-electron chi connectivity index (χ4n) is 3.58. The van der Waals surface area contributed by atoms with E-state index < -0.39 is 0 Å². The summed E-state index contributed by atoms with van der Waals surface area (Å²) < 4.78 is 16.1. The summed E-state index contributed by atoms with van der Waals surface area (Å²) in [7, 11) is 0. The van der Waals surface area contributed by atoms with E-state index in [1.54, 1.807) is 10.6 Å². The van der Waals surface area contributed by atoms with Gasteiger partial charge in [-0.15, -0.1) is 0 Å². The molecule has 0 atom stereocenters. The summed E-state index contributed by atoms with van der Waals surface area (Å²) in [5.74, 6) is 2.18. The summed E-state index contributed by atoms with van der Waals surface area (Å²) in [6.07, 6.45) is 1.53. The van der Waals surface area contributed by atoms with Crippen LogP contribution in [0.5, 0.6) is 0 Å². The number of fused-ring (bicyclic) bond motifs is 2. The Kier molecular flexibility index (Phi) is 4.12. The number of hydrogen-bond donors (Lipinski definition) is 0. The highest BCUT2D eigenvalue weighted by Crippen LogP contribution is 2.26. The second-order valence-corrected chi connectivity index (χ2v) is 7.68. The molecule has 0 N–H and O–H groups in total. The molecule has 1 aliphatic rings. The fourth-order valence-corrected chi connectivity index (χ4v) is 3.95. The lowest BCUT2D eigenvalue weighted by Gasteiger charge is -2.36. The van der Waals surface area contributed by atoms with E-state index in [1.165, 1.54) is 12.4 Å². The minimum atomic E-state index is -0.299. The predicted molar refractivity (Wildman–Crippen MR) is 109 cm³/mol. The Morgan fingerprint density at radius 1 is 1.00 bits per heavy atom. The molecule has 0 saturated carbocycles. The van der Waals surface area contributed by atoms with Crippen molar-refractivity contribution in [2.75, 3.05) is 36.0 Å². The van der Waals surface area contributed by atoms with Crippen molar-refractivity contribution in [3.8, 4) is 0 Å². The number of aryl methyl sites for hydroxylation is 1. The summed E-state index contributed by atoms with van der Waals surface area (Å²) in [4.78, 5) is 17.8. The van der Waals surface area contributed by atoms with Crippen LogP contribution in [0.4, 0.5) is 16.0 Å². The molecule has 0 spiro atoms. The van der Waals surface area contributed by atoms with E-state index in [4.69, 9.17) is 0 Å². The quantitative estimate of drug-likeness (QED) is 0.475. The first-order valence-electron chi connectivity index (χ1n) is 9.01. The fraction of sp³-hybridized carbons (Fsp3) is 0.263. The van der Waals surface area contributed by atoms with Gasteiger partial charge in [-0.05, 0) is 41.1 Å². The number of rotatable bonds is 2. The van der Waals surface area contributed by atoms with Gasteiger partial charge in [0, 0.05) is 49.4 Å². The van der Waals surface area contributed by atoms with Crippen LogP contribution in [0, 0.1) is 12.7 Å². The molecule has 1 aromatic carbocycles. The maximum atomic E-state index is 13.9. The Balaban J connectivity index is 1.39. The molecule has 0 radical (unpaired) electrons. The van der Waals surface area contributed by atoms with Crippen LogP contribution >= 0.6 is 15.9 Å². The van der Waals surface area contributed by atoms with Crippen LogP contribution in [0.2, 0.25) is 0 Å². The molecule has 0 unspecified atom stereocenters. The summed E-state index contributed by atoms with van der Waals surface area (Å²) >= 11 is 3.22. The molecule has 4 aromatic rings. The monoisotopic (exact) mass is 441 g/mol. The van der Waals surface area contributed by atoms with Crippen LogP contribution in [-0.4, -0.2) is 50.7 Å². The highest BCUT2D eigenvalue weighted by atomic mass is 79.9. The first-order chi connectivity index (χ1) is 13.6. The molecule has 142 valence electrons. The average Bonchev–Trinajstić information content (AvgIpc) is 3.16. The lowest BCUT2D eigenvalue weighted by molar-refractivity contribution is 0.622. The van der Waals surface area contributed by atoms with Gasteiger partial charge in [-0.1, -0.05) is 0 Å². The number of benzene rings is 1. The van der Waals surface area contributed by atoms with Crippen molar-refractivity contribution in [3.63, 3.8) is 0 Å². The molecule has 5 rings (SSSR count). The molecular weight excluding hydrogens is 425 g/mol. The molecule has 0 aliphatic carbocycles. The zero-order chi connectivity index (χ0) is 19.3. The van der Waals surface area contributed by atoms with Crippen molar-refractivity contribution < 1.29 is 4.39 Å². The normalized spacial score (nSPS) is 15.0. The Morgan fingerprint density at radius 2 is 1.79 bits per heavy atom. The SMILES string of the molecule is Cc1cc(N2CCN(c3ccc4cc(Br)c(F)cc4n3)CC2)n2ncnc2n1. The number of anilines is 2. The van der Waals surface area contributed by atoms with Crippen molar-refractivity contribution in [2.24, 2.45) is 0 Å². The third-order valence-electron chi connectivity index (χ3n) is 5.01. The summed E-state index contributed by atoms with van der Waals surface area (Å²) in [6.45, 7) is 5.24. The molecule has 28 heavy (non-hydrogen) atoms. The predicted octanol–water partition coefficient (Wildman–Crippen LogP) is 3.21. The maximum absolute atomic E-state index is 13.9. The summed E-state index contributed by atoms with van der Waals surface area (Å²) in [6, 6.07) is 9.25. The first kappa shape index (κ1) is 17.3. The van der Waals surface area contributed by atoms with Crippen LogP contribution in [-0.2, 0) is 0 Å². The highest BCUT2D eigenvalue weighted by Gasteiger charge is 2.21. The smallest absolute Gasteiger partial charge is 0.254 e. The van der Waals surface area contributed by atoms with Crippen LogP contribution in [0.15, 0.2) is 41.1 Å². The molecule has 9 heteroatoms. The second kappa shape index (κ2) is 6.66. The molecule has 0 bridgehead atoms. The van der Waals surface area contributed by atoms with Gasteiger partial charge in [-0.3, -0.25) is 0 Å². The van der Waals surface area contributed by atoms with Gasteiger partial charge in [0.2, 0.25) is 0 Å². The molecular formula is C19H17BrFN7. The lowest BCUT2D eigenvalue weighted by Crippen LogP contribution is -2.47. The standard InChI is InChI=1S/C19H17BrFN7/c1-12-8-18(28-19(24-12)22-11-23-28)27-6-4-26(5-7-27)17-3-2-13-9-14(20)15(21)10-16(13)25-17/h2-3,8-11H,4-7H2,1H3. The number of halogens is 2. The minimum Gasteiger partial charge on any atom is -0.353 e. The van der Waals surface area contributed by atoms with E-state index in [2.05, 4.69) is 45.8 Å². The lowest BCUT2D eigenvalue weighted by atomic mass is 10.2. The van der Waals surface area contributed by atoms with E-state index in [-0.39, 0.29) is 5.82 Å². The maximum Gasteiger partial charge on any atom is 0.254 e. The zero-order valence-electron chi connectivity index (χ0n) is 15.2. The molecule has 3 aromatic heterocycles. The topological polar surface area (TPSA) is 62.5 Å². The van der Waals surface area contributed by atoms with E-state index in [0.29, 0.717) is 15.8 Å². The Bertz CT molecular complexity index is 1180. The average molecular weight is 442 g/mol. The van der Waals surface area contributed by atoms with Gasteiger partial charge in [0.15, 0.2) is 0 Å². The van der Waals surface area contributed by atoms with E-state index in [1.807, 2.05) is 25.1 Å². The van der Waals surface area contributed by atoms with Crippen molar-refractivity contribution in [1.82, 2.24) is 24.6 Å². The van der Waals surface area contributed by atoms with Crippen LogP contribution in [0.25, 0.3) is 16.7 Å². The molecule has 1 saturated heterocycles. The molecule has 0 amide bonds. The van der Waals surface area contributed by atoms with Crippen molar-refractivity contribution in [2.45, 2.75) is 6.92 Å². The third-order valence-corrected chi connectivity index (χ3v) is 5.61. The van der Waals surface area contributed by atoms with E-state index in [9.17, 15) is 4.39 Å². The van der Waals surface area contributed by atoms with Crippen LogP contribution < -0.4 is 9.80 Å². The zero-order valence-corrected chi connectivity index (χ0v) is 16.8. The molecule has 4 heterocycles. The molecule has 1 fully saturated rings. The Labute approximate surface area is 169 Å². The van der Waals surface area contributed by atoms with Gasteiger partial charge in [-0.2, -0.15) is 14.6 Å². The molecule has 1 aliphatic heterocycles. The van der Waals surface area contributed by atoms with Crippen LogP contribution in [0.1, 0.15) is 5.69 Å². The van der Waals surface area contributed by atoms with Gasteiger partial charge < -0.3 is 9.80 Å². The van der Waals surface area contributed by atoms with Crippen LogP contribution in [0.3, 0.4) is 0 Å². The summed E-state index contributed by atoms with van der Waals surface area (Å²) in [5.41, 5.74) is 1.58. The number of pyridine rings is 1. The number of nitrogens with zero attached hydrogens (tertiary/aromatic N) is 7. The van der Waals surface area contributed by atoms with Crippen molar-refractivity contribution in [3.05, 3.63) is 52.6 Å². The van der Waals surface area contributed by atoms with Gasteiger partial charge in [-0.25, -0.2) is 14.4 Å². The van der Waals surface area contributed by atoms with E-state index >= 15 is 0 Å². The van der Waals surface area contributed by atoms with Crippen molar-refractivity contribution in [1.29, 1.82) is 0 Å². The minimum absolute atomic E-state index is 0.299. The third kappa shape index (κ3) is 2.95. The Hall–Kier alpha value is -2.81. The highest BCUT2D eigenvalue weighted by molar-refractivity contribution is 9.10.